The van der Waals surface area contributed by atoms with Crippen LogP contribution in [0.25, 0.3) is 0 Å². The summed E-state index contributed by atoms with van der Waals surface area (Å²) in [5, 5.41) is 12.4. The zero-order valence-corrected chi connectivity index (χ0v) is 14.4. The van der Waals surface area contributed by atoms with Crippen LogP contribution in [-0.2, 0) is 22.8 Å². The molecule has 3 rings (SSSR count). The number of carbonyl (C=O) groups excluding carboxylic acids is 1. The Labute approximate surface area is 148 Å². The summed E-state index contributed by atoms with van der Waals surface area (Å²) < 4.78 is 48.2. The van der Waals surface area contributed by atoms with Gasteiger partial charge in [-0.3, -0.25) is 9.89 Å². The van der Waals surface area contributed by atoms with E-state index in [0.717, 1.165) is 36.4 Å². The van der Waals surface area contributed by atoms with E-state index in [4.69, 9.17) is 0 Å². The molecule has 0 aliphatic carbocycles. The number of aromatic amines is 1. The van der Waals surface area contributed by atoms with Gasteiger partial charge in [0, 0.05) is 36.5 Å². The Morgan fingerprint density at radius 1 is 1.32 bits per heavy atom. The molecule has 1 aliphatic rings. The third kappa shape index (κ3) is 3.80. The van der Waals surface area contributed by atoms with Crippen molar-refractivity contribution in [3.63, 3.8) is 0 Å². The molecule has 25 heavy (non-hydrogen) atoms. The molecule has 0 bridgehead atoms. The molecule has 0 saturated carbocycles. The number of benzene rings is 1. The molecule has 3 N–H and O–H groups in total. The minimum Gasteiger partial charge on any atom is -0.321 e. The van der Waals surface area contributed by atoms with Crippen molar-refractivity contribution in [3.8, 4) is 0 Å². The van der Waals surface area contributed by atoms with Gasteiger partial charge in [0.25, 0.3) is 5.91 Å². The molecule has 2 heterocycles. The molecule has 2 aromatic rings. The van der Waals surface area contributed by atoms with Crippen LogP contribution in [0, 0.1) is 0 Å². The lowest BCUT2D eigenvalue weighted by molar-refractivity contribution is 0.102. The van der Waals surface area contributed by atoms with Crippen molar-refractivity contribution in [1.29, 1.82) is 0 Å². The Morgan fingerprint density at radius 3 is 2.80 bits per heavy atom. The number of amides is 1. The second-order valence-corrected chi connectivity index (χ2v) is 7.16. The molecule has 0 unspecified atom stereocenters. The summed E-state index contributed by atoms with van der Waals surface area (Å²) in [7, 11) is -4.72. The van der Waals surface area contributed by atoms with Crippen LogP contribution < -0.4 is 10.6 Å². The molecule has 1 aromatic carbocycles. The van der Waals surface area contributed by atoms with Crippen molar-refractivity contribution in [2.75, 3.05) is 11.9 Å². The first-order chi connectivity index (χ1) is 11.4. The SMILES string of the molecule is Cl.O=C(Nc1cccc(S(=O)(=O)C(F)F)c1)c1n[nH]c2c1CNCC2. The first kappa shape index (κ1) is 19.3. The van der Waals surface area contributed by atoms with Gasteiger partial charge in [-0.2, -0.15) is 13.9 Å². The Bertz CT molecular complexity index is 886. The van der Waals surface area contributed by atoms with Gasteiger partial charge < -0.3 is 10.6 Å². The molecule has 1 aliphatic heterocycles. The van der Waals surface area contributed by atoms with Gasteiger partial charge in [-0.15, -0.1) is 12.4 Å². The number of nitrogens with zero attached hydrogens (tertiary/aromatic N) is 1. The number of H-pyrrole nitrogens is 1. The number of hydrogen-bond acceptors (Lipinski definition) is 5. The second-order valence-electron chi connectivity index (χ2n) is 5.24. The third-order valence-electron chi connectivity index (χ3n) is 3.68. The molecule has 1 amide bonds. The lowest BCUT2D eigenvalue weighted by Gasteiger charge is -2.13. The first-order valence-electron chi connectivity index (χ1n) is 7.10. The molecule has 11 heteroatoms. The van der Waals surface area contributed by atoms with Crippen LogP contribution >= 0.6 is 12.4 Å². The molecular formula is C14H15ClF2N4O3S. The largest absolute Gasteiger partial charge is 0.341 e. The van der Waals surface area contributed by atoms with Gasteiger partial charge in [0.05, 0.1) is 4.90 Å². The minimum absolute atomic E-state index is 0. The second kappa shape index (κ2) is 7.46. The fraction of sp³-hybridized carbons (Fsp3) is 0.286. The predicted octanol–water partition coefficient (Wildman–Crippen LogP) is 1.73. The zero-order chi connectivity index (χ0) is 17.3. The van der Waals surface area contributed by atoms with E-state index in [0.29, 0.717) is 6.54 Å². The summed E-state index contributed by atoms with van der Waals surface area (Å²) >= 11 is 0. The summed E-state index contributed by atoms with van der Waals surface area (Å²) in [4.78, 5) is 11.8. The summed E-state index contributed by atoms with van der Waals surface area (Å²) in [6, 6.07) is 4.75. The maximum atomic E-state index is 12.6. The van der Waals surface area contributed by atoms with Crippen molar-refractivity contribution in [1.82, 2.24) is 15.5 Å². The van der Waals surface area contributed by atoms with Gasteiger partial charge in [-0.25, -0.2) is 8.42 Å². The normalized spacial score (nSPS) is 13.9. The molecule has 0 fully saturated rings. The number of halogens is 3. The number of nitrogens with one attached hydrogen (secondary N) is 3. The number of rotatable bonds is 4. The maximum absolute atomic E-state index is 12.6. The zero-order valence-electron chi connectivity index (χ0n) is 12.8. The van der Waals surface area contributed by atoms with Crippen LogP contribution in [0.1, 0.15) is 21.7 Å². The summed E-state index contributed by atoms with van der Waals surface area (Å²) in [5.74, 6) is -4.06. The minimum atomic E-state index is -4.72. The van der Waals surface area contributed by atoms with Crippen molar-refractivity contribution >= 4 is 33.8 Å². The number of fused-ring (bicyclic) bond motifs is 1. The highest BCUT2D eigenvalue weighted by molar-refractivity contribution is 7.91. The highest BCUT2D eigenvalue weighted by atomic mass is 35.5. The lowest BCUT2D eigenvalue weighted by atomic mass is 10.1. The number of aromatic nitrogens is 2. The topological polar surface area (TPSA) is 104 Å². The summed E-state index contributed by atoms with van der Waals surface area (Å²) in [6.45, 7) is 1.28. The van der Waals surface area contributed by atoms with E-state index < -0.39 is 26.4 Å². The van der Waals surface area contributed by atoms with Crippen LogP contribution in [0.3, 0.4) is 0 Å². The Kier molecular flexibility index (Phi) is 5.76. The molecule has 0 saturated heterocycles. The number of alkyl halides is 2. The quantitative estimate of drug-likeness (QED) is 0.735. The number of sulfone groups is 1. The van der Waals surface area contributed by atoms with Crippen LogP contribution in [0.4, 0.5) is 14.5 Å². The van der Waals surface area contributed by atoms with E-state index >= 15 is 0 Å². The van der Waals surface area contributed by atoms with E-state index in [9.17, 15) is 22.0 Å². The molecule has 1 aromatic heterocycles. The molecule has 0 radical (unpaired) electrons. The van der Waals surface area contributed by atoms with Gasteiger partial charge in [-0.1, -0.05) is 6.07 Å². The van der Waals surface area contributed by atoms with Crippen molar-refractivity contribution in [2.24, 2.45) is 0 Å². The number of carbonyl (C=O) groups is 1. The Morgan fingerprint density at radius 2 is 2.08 bits per heavy atom. The molecule has 7 nitrogen and oxygen atoms in total. The number of anilines is 1. The molecular weight excluding hydrogens is 378 g/mol. The highest BCUT2D eigenvalue weighted by Crippen LogP contribution is 2.22. The fourth-order valence-corrected chi connectivity index (χ4v) is 3.22. The van der Waals surface area contributed by atoms with Gasteiger partial charge in [0.15, 0.2) is 5.69 Å². The first-order valence-corrected chi connectivity index (χ1v) is 8.64. The fourth-order valence-electron chi connectivity index (χ4n) is 2.46. The van der Waals surface area contributed by atoms with Gasteiger partial charge in [-0.05, 0) is 18.2 Å². The standard InChI is InChI=1S/C14H14F2N4O3S.ClH/c15-14(16)24(22,23)9-3-1-2-8(6-9)18-13(21)12-10-7-17-5-4-11(10)19-20-12;/h1-3,6,14,17H,4-5,7H2,(H,18,21)(H,19,20);1H. The molecule has 0 spiro atoms. The highest BCUT2D eigenvalue weighted by Gasteiger charge is 2.27. The third-order valence-corrected chi connectivity index (χ3v) is 5.06. The lowest BCUT2D eigenvalue weighted by Crippen LogP contribution is -2.25. The van der Waals surface area contributed by atoms with Gasteiger partial charge in [0.2, 0.25) is 9.84 Å². The van der Waals surface area contributed by atoms with Crippen molar-refractivity contribution in [2.45, 2.75) is 23.6 Å². The van der Waals surface area contributed by atoms with Gasteiger partial charge in [0.1, 0.15) is 0 Å². The summed E-state index contributed by atoms with van der Waals surface area (Å²) in [5.41, 5.74) is 1.91. The molecule has 136 valence electrons. The maximum Gasteiger partial charge on any atom is 0.341 e. The van der Waals surface area contributed by atoms with Crippen LogP contribution in [0.5, 0.6) is 0 Å². The van der Waals surface area contributed by atoms with Crippen LogP contribution in [0.15, 0.2) is 29.2 Å². The predicted molar refractivity (Wildman–Crippen MR) is 88.8 cm³/mol. The number of hydrogen-bond donors (Lipinski definition) is 3. The van der Waals surface area contributed by atoms with E-state index in [1.54, 1.807) is 0 Å². The monoisotopic (exact) mass is 392 g/mol. The van der Waals surface area contributed by atoms with E-state index in [1.807, 2.05) is 0 Å². The average molecular weight is 393 g/mol. The average Bonchev–Trinajstić information content (AvgIpc) is 2.99. The molecule has 0 atom stereocenters. The summed E-state index contributed by atoms with van der Waals surface area (Å²) in [6.07, 6.45) is 0.720. The smallest absolute Gasteiger partial charge is 0.321 e. The van der Waals surface area contributed by atoms with E-state index in [2.05, 4.69) is 20.8 Å². The Hall–Kier alpha value is -2.04. The van der Waals surface area contributed by atoms with Crippen molar-refractivity contribution < 1.29 is 22.0 Å². The van der Waals surface area contributed by atoms with E-state index in [1.165, 1.54) is 12.1 Å². The van der Waals surface area contributed by atoms with Crippen molar-refractivity contribution in [3.05, 3.63) is 41.2 Å². The Balaban J connectivity index is 0.00000225. The van der Waals surface area contributed by atoms with Crippen LogP contribution in [-0.4, -0.2) is 36.8 Å². The van der Waals surface area contributed by atoms with Crippen LogP contribution in [0.2, 0.25) is 0 Å². The van der Waals surface area contributed by atoms with E-state index in [-0.39, 0.29) is 23.8 Å². The van der Waals surface area contributed by atoms with Gasteiger partial charge >= 0.3 is 5.76 Å².